The molecule has 31 heavy (non-hydrogen) atoms. The third-order valence-electron chi connectivity index (χ3n) is 5.67. The number of benzene rings is 1. The molecule has 0 radical (unpaired) electrons. The number of nitrogens with zero attached hydrogens (tertiary/aromatic N) is 2. The van der Waals surface area contributed by atoms with Crippen LogP contribution in [0.25, 0.3) is 16.7 Å². The van der Waals surface area contributed by atoms with Crippen LogP contribution in [0.3, 0.4) is 0 Å². The molecular formula is C25H28N4O2. The summed E-state index contributed by atoms with van der Waals surface area (Å²) >= 11 is 0. The summed E-state index contributed by atoms with van der Waals surface area (Å²) in [6.45, 7) is 6.55. The largest absolute Gasteiger partial charge is 0.350 e. The Bertz CT molecular complexity index is 1190. The van der Waals surface area contributed by atoms with E-state index in [0.29, 0.717) is 12.0 Å². The van der Waals surface area contributed by atoms with Crippen LogP contribution in [-0.2, 0) is 17.3 Å². The van der Waals surface area contributed by atoms with Crippen molar-refractivity contribution in [2.24, 2.45) is 7.05 Å². The maximum Gasteiger partial charge on any atom is 0.256 e. The molecule has 4 rings (SSSR count). The van der Waals surface area contributed by atoms with Gasteiger partial charge in [0, 0.05) is 42.5 Å². The number of pyridine rings is 1. The molecule has 1 amide bonds. The van der Waals surface area contributed by atoms with Gasteiger partial charge in [-0.2, -0.15) is 5.10 Å². The molecule has 1 saturated heterocycles. The Hall–Kier alpha value is -3.41. The van der Waals surface area contributed by atoms with Crippen LogP contribution in [-0.4, -0.2) is 26.7 Å². The number of carbonyl (C=O) groups is 1. The quantitative estimate of drug-likeness (QED) is 0.679. The topological polar surface area (TPSA) is 79.8 Å². The summed E-state index contributed by atoms with van der Waals surface area (Å²) < 4.78 is 1.67. The van der Waals surface area contributed by atoms with Gasteiger partial charge < -0.3 is 10.3 Å². The van der Waals surface area contributed by atoms with Gasteiger partial charge in [0.25, 0.3) is 5.56 Å². The third-order valence-corrected chi connectivity index (χ3v) is 5.67. The SMILES string of the molecule is Cn1cc(-c2ccc(C(=C[C@H]3CCC(=O)N3)c3ccc(C(C)(C)C)cc3)[nH]c2=O)cn1. The van der Waals surface area contributed by atoms with E-state index in [1.54, 1.807) is 10.9 Å². The van der Waals surface area contributed by atoms with Gasteiger partial charge in [-0.3, -0.25) is 14.3 Å². The second kappa shape index (κ2) is 8.02. The minimum atomic E-state index is -0.168. The van der Waals surface area contributed by atoms with E-state index in [1.165, 1.54) is 5.56 Å². The molecule has 3 aromatic rings. The number of aromatic amines is 1. The Kier molecular flexibility index (Phi) is 5.39. The maximum atomic E-state index is 12.9. The van der Waals surface area contributed by atoms with E-state index < -0.39 is 0 Å². The standard InChI is InChI=1S/C25H28N4O2/c1-25(2,3)18-7-5-16(6-8-18)21(13-19-9-12-23(30)27-19)22-11-10-20(24(31)28-22)17-14-26-29(4)15-17/h5-8,10-11,13-15,19H,9,12H2,1-4H3,(H,27,30)(H,28,31)/t19-/m1/s1. The Morgan fingerprint density at radius 1 is 1.13 bits per heavy atom. The van der Waals surface area contributed by atoms with Crippen molar-refractivity contribution in [1.82, 2.24) is 20.1 Å². The van der Waals surface area contributed by atoms with Crippen molar-refractivity contribution in [3.05, 3.63) is 82.0 Å². The molecule has 1 aliphatic rings. The molecule has 1 aliphatic heterocycles. The molecule has 0 saturated carbocycles. The van der Waals surface area contributed by atoms with Gasteiger partial charge in [0.1, 0.15) is 0 Å². The molecule has 6 nitrogen and oxygen atoms in total. The van der Waals surface area contributed by atoms with Gasteiger partial charge in [0.15, 0.2) is 0 Å². The molecule has 160 valence electrons. The molecule has 0 unspecified atom stereocenters. The zero-order valence-electron chi connectivity index (χ0n) is 18.4. The van der Waals surface area contributed by atoms with Gasteiger partial charge in [-0.15, -0.1) is 0 Å². The second-order valence-electron chi connectivity index (χ2n) is 9.14. The summed E-state index contributed by atoms with van der Waals surface area (Å²) in [6.07, 6.45) is 6.82. The molecule has 2 N–H and O–H groups in total. The summed E-state index contributed by atoms with van der Waals surface area (Å²) in [5.74, 6) is 0.0594. The number of amides is 1. The van der Waals surface area contributed by atoms with Crippen LogP contribution in [0, 0.1) is 0 Å². The van der Waals surface area contributed by atoms with Gasteiger partial charge in [-0.25, -0.2) is 0 Å². The molecule has 1 aromatic carbocycles. The number of hydrogen-bond acceptors (Lipinski definition) is 3. The van der Waals surface area contributed by atoms with E-state index in [9.17, 15) is 9.59 Å². The zero-order chi connectivity index (χ0) is 22.2. The number of rotatable bonds is 4. The van der Waals surface area contributed by atoms with Crippen molar-refractivity contribution < 1.29 is 4.79 Å². The van der Waals surface area contributed by atoms with Crippen molar-refractivity contribution >= 4 is 11.5 Å². The minimum absolute atomic E-state index is 0.0497. The average molecular weight is 417 g/mol. The van der Waals surface area contributed by atoms with Crippen molar-refractivity contribution in [2.75, 3.05) is 0 Å². The van der Waals surface area contributed by atoms with E-state index in [0.717, 1.165) is 28.8 Å². The smallest absolute Gasteiger partial charge is 0.256 e. The number of nitrogens with one attached hydrogen (secondary N) is 2. The first-order chi connectivity index (χ1) is 14.7. The van der Waals surface area contributed by atoms with E-state index in [2.05, 4.69) is 60.4 Å². The fourth-order valence-electron chi connectivity index (χ4n) is 3.87. The molecule has 2 aromatic heterocycles. The van der Waals surface area contributed by atoms with Crippen molar-refractivity contribution in [2.45, 2.75) is 45.1 Å². The molecule has 0 spiro atoms. The first kappa shape index (κ1) is 20.8. The minimum Gasteiger partial charge on any atom is -0.350 e. The Morgan fingerprint density at radius 2 is 1.87 bits per heavy atom. The predicted octanol–water partition coefficient (Wildman–Crippen LogP) is 3.78. The second-order valence-corrected chi connectivity index (χ2v) is 9.14. The Morgan fingerprint density at radius 3 is 2.42 bits per heavy atom. The molecule has 1 fully saturated rings. The number of carbonyl (C=O) groups excluding carboxylic acids is 1. The number of aromatic nitrogens is 3. The number of aryl methyl sites for hydroxylation is 1. The van der Waals surface area contributed by atoms with Crippen LogP contribution >= 0.6 is 0 Å². The number of H-pyrrole nitrogens is 1. The first-order valence-electron chi connectivity index (χ1n) is 10.6. The summed E-state index contributed by atoms with van der Waals surface area (Å²) in [5.41, 5.74) is 5.11. The van der Waals surface area contributed by atoms with Gasteiger partial charge in [0.2, 0.25) is 5.91 Å². The van der Waals surface area contributed by atoms with E-state index in [1.807, 2.05) is 31.5 Å². The van der Waals surface area contributed by atoms with Crippen LogP contribution in [0.15, 0.2) is 59.7 Å². The average Bonchev–Trinajstić information content (AvgIpc) is 3.33. The molecule has 0 bridgehead atoms. The van der Waals surface area contributed by atoms with Crippen molar-refractivity contribution in [3.8, 4) is 11.1 Å². The fourth-order valence-corrected chi connectivity index (χ4v) is 3.87. The highest BCUT2D eigenvalue weighted by Gasteiger charge is 2.21. The molecule has 1 atom stereocenters. The lowest BCUT2D eigenvalue weighted by Crippen LogP contribution is -2.23. The van der Waals surface area contributed by atoms with Crippen LogP contribution < -0.4 is 10.9 Å². The summed E-state index contributed by atoms with van der Waals surface area (Å²) in [5, 5.41) is 7.15. The van der Waals surface area contributed by atoms with Crippen molar-refractivity contribution in [3.63, 3.8) is 0 Å². The van der Waals surface area contributed by atoms with Crippen LogP contribution in [0.5, 0.6) is 0 Å². The summed E-state index contributed by atoms with van der Waals surface area (Å²) in [4.78, 5) is 27.6. The Balaban J connectivity index is 1.76. The summed E-state index contributed by atoms with van der Waals surface area (Å²) in [7, 11) is 1.82. The maximum absolute atomic E-state index is 12.9. The molecule has 6 heteroatoms. The van der Waals surface area contributed by atoms with Crippen molar-refractivity contribution in [1.29, 1.82) is 0 Å². The van der Waals surface area contributed by atoms with E-state index in [-0.39, 0.29) is 22.9 Å². The molecule has 0 aliphatic carbocycles. The monoisotopic (exact) mass is 416 g/mol. The van der Waals surface area contributed by atoms with Gasteiger partial charge >= 0.3 is 0 Å². The molecular weight excluding hydrogens is 388 g/mol. The van der Waals surface area contributed by atoms with Crippen LogP contribution in [0.1, 0.15) is 50.4 Å². The fraction of sp³-hybridized carbons (Fsp3) is 0.320. The zero-order valence-corrected chi connectivity index (χ0v) is 18.4. The highest BCUT2D eigenvalue weighted by atomic mass is 16.2. The normalized spacial score (nSPS) is 17.1. The van der Waals surface area contributed by atoms with Crippen LogP contribution in [0.4, 0.5) is 0 Å². The molecule has 3 heterocycles. The summed E-state index contributed by atoms with van der Waals surface area (Å²) in [6, 6.07) is 12.1. The highest BCUT2D eigenvalue weighted by Crippen LogP contribution is 2.28. The first-order valence-corrected chi connectivity index (χ1v) is 10.6. The van der Waals surface area contributed by atoms with Gasteiger partial charge in [0.05, 0.1) is 11.8 Å². The number of hydrogen-bond donors (Lipinski definition) is 2. The highest BCUT2D eigenvalue weighted by molar-refractivity contribution is 5.82. The van der Waals surface area contributed by atoms with Crippen LogP contribution in [0.2, 0.25) is 0 Å². The van der Waals surface area contributed by atoms with Gasteiger partial charge in [-0.1, -0.05) is 51.1 Å². The lowest BCUT2D eigenvalue weighted by molar-refractivity contribution is -0.119. The predicted molar refractivity (Wildman–Crippen MR) is 123 cm³/mol. The Labute approximate surface area is 182 Å². The third kappa shape index (κ3) is 4.53. The lowest BCUT2D eigenvalue weighted by Gasteiger charge is -2.20. The van der Waals surface area contributed by atoms with Gasteiger partial charge in [-0.05, 0) is 35.1 Å². The van der Waals surface area contributed by atoms with E-state index >= 15 is 0 Å². The lowest BCUT2D eigenvalue weighted by atomic mass is 9.86. The van der Waals surface area contributed by atoms with E-state index in [4.69, 9.17) is 0 Å².